The molecule has 1 aliphatic rings. The Bertz CT molecular complexity index is 867. The Balaban J connectivity index is 1.65. The van der Waals surface area contributed by atoms with Crippen molar-refractivity contribution in [3.05, 3.63) is 46.1 Å². The third-order valence-corrected chi connectivity index (χ3v) is 4.30. The summed E-state index contributed by atoms with van der Waals surface area (Å²) < 4.78 is 12.2. The molecule has 1 unspecified atom stereocenters. The largest absolute Gasteiger partial charge is 0.469 e. The van der Waals surface area contributed by atoms with Gasteiger partial charge in [-0.2, -0.15) is 0 Å². The highest BCUT2D eigenvalue weighted by Crippen LogP contribution is 2.41. The molecule has 22 heavy (non-hydrogen) atoms. The molecule has 0 radical (unpaired) electrons. The molecule has 1 N–H and O–H groups in total. The lowest BCUT2D eigenvalue weighted by Crippen LogP contribution is -2.13. The fraction of sp³-hybridized carbons (Fsp3) is 0.167. The minimum atomic E-state index is -0.566. The van der Waals surface area contributed by atoms with Gasteiger partial charge in [-0.3, -0.25) is 10.1 Å². The van der Waals surface area contributed by atoms with Crippen LogP contribution in [0.5, 0.6) is 0 Å². The number of fused-ring (bicyclic) bond motifs is 1. The number of aryl methyl sites for hydroxylation is 1. The monoisotopic (exact) mass is 319 g/mol. The molecule has 4 rings (SSSR count). The summed E-state index contributed by atoms with van der Waals surface area (Å²) in [5.74, 6) is 1.53. The Morgan fingerprint density at radius 1 is 1.41 bits per heavy atom. The van der Waals surface area contributed by atoms with Crippen LogP contribution in [0.4, 0.5) is 5.88 Å². The van der Waals surface area contributed by atoms with Gasteiger partial charge in [-0.15, -0.1) is 10.2 Å². The topological polar surface area (TPSA) is 112 Å². The van der Waals surface area contributed by atoms with Crippen LogP contribution >= 0.6 is 11.8 Å². The molecule has 3 aromatic heterocycles. The van der Waals surface area contributed by atoms with Crippen molar-refractivity contribution in [2.24, 2.45) is 0 Å². The van der Waals surface area contributed by atoms with Gasteiger partial charge >= 0.3 is 5.88 Å². The molecule has 10 heteroatoms. The van der Waals surface area contributed by atoms with Gasteiger partial charge in [-0.05, 0) is 30.8 Å². The van der Waals surface area contributed by atoms with E-state index in [1.165, 1.54) is 17.8 Å². The van der Waals surface area contributed by atoms with Crippen LogP contribution in [0.1, 0.15) is 16.9 Å². The van der Waals surface area contributed by atoms with Crippen LogP contribution < -0.4 is 5.43 Å². The van der Waals surface area contributed by atoms with E-state index in [0.29, 0.717) is 16.7 Å². The maximum Gasteiger partial charge on any atom is 0.433 e. The Labute approximate surface area is 127 Å². The first-order valence-electron chi connectivity index (χ1n) is 6.30. The summed E-state index contributed by atoms with van der Waals surface area (Å²) in [6.07, 6.45) is 1.59. The lowest BCUT2D eigenvalue weighted by molar-refractivity contribution is -0.402. The molecule has 0 bridgehead atoms. The molecule has 112 valence electrons. The van der Waals surface area contributed by atoms with Crippen LogP contribution in [0.2, 0.25) is 0 Å². The molecule has 0 saturated heterocycles. The van der Waals surface area contributed by atoms with Gasteiger partial charge in [0.25, 0.3) is 0 Å². The van der Waals surface area contributed by atoms with E-state index in [0.717, 1.165) is 11.3 Å². The first kappa shape index (κ1) is 13.0. The van der Waals surface area contributed by atoms with E-state index in [1.807, 2.05) is 13.0 Å². The van der Waals surface area contributed by atoms with Gasteiger partial charge in [0, 0.05) is 0 Å². The molecule has 9 nitrogen and oxygen atoms in total. The van der Waals surface area contributed by atoms with Crippen molar-refractivity contribution >= 4 is 17.6 Å². The van der Waals surface area contributed by atoms with Crippen LogP contribution in [-0.4, -0.2) is 19.8 Å². The lowest BCUT2D eigenvalue weighted by Gasteiger charge is -2.08. The zero-order chi connectivity index (χ0) is 15.3. The number of thioether (sulfide) groups is 1. The Kier molecular flexibility index (Phi) is 2.73. The van der Waals surface area contributed by atoms with E-state index in [1.54, 1.807) is 17.0 Å². The summed E-state index contributed by atoms with van der Waals surface area (Å²) in [7, 11) is 0. The van der Waals surface area contributed by atoms with E-state index in [9.17, 15) is 10.1 Å². The number of nitro groups is 1. The van der Waals surface area contributed by atoms with Gasteiger partial charge < -0.3 is 14.3 Å². The van der Waals surface area contributed by atoms with Crippen LogP contribution in [0.25, 0.3) is 11.4 Å². The molecule has 0 amide bonds. The first-order chi connectivity index (χ1) is 10.6. The summed E-state index contributed by atoms with van der Waals surface area (Å²) >= 11 is 1.37. The smallest absolute Gasteiger partial charge is 0.433 e. The van der Waals surface area contributed by atoms with Crippen molar-refractivity contribution in [3.63, 3.8) is 0 Å². The molecule has 0 saturated carbocycles. The van der Waals surface area contributed by atoms with Gasteiger partial charge in [0.15, 0.2) is 11.2 Å². The second kappa shape index (κ2) is 4.63. The van der Waals surface area contributed by atoms with Crippen LogP contribution in [0, 0.1) is 17.0 Å². The predicted octanol–water partition coefficient (Wildman–Crippen LogP) is 2.70. The van der Waals surface area contributed by atoms with Gasteiger partial charge in [0.05, 0.1) is 17.9 Å². The van der Waals surface area contributed by atoms with Gasteiger partial charge in [-0.25, -0.2) is 4.68 Å². The zero-order valence-corrected chi connectivity index (χ0v) is 12.0. The van der Waals surface area contributed by atoms with Crippen molar-refractivity contribution < 1.29 is 13.8 Å². The number of hydrogen-bond acceptors (Lipinski definition) is 8. The Morgan fingerprint density at radius 3 is 2.95 bits per heavy atom. The highest BCUT2D eigenvalue weighted by atomic mass is 32.2. The highest BCUT2D eigenvalue weighted by molar-refractivity contribution is 7.99. The molecule has 1 atom stereocenters. The maximum absolute atomic E-state index is 10.7. The van der Waals surface area contributed by atoms with Gasteiger partial charge in [0.1, 0.15) is 16.4 Å². The SMILES string of the molecule is Cc1occc1-c1nnc2n1NC(c1ccc([N+](=O)[O-])o1)S2. The molecular formula is C12H9N5O4S. The molecule has 4 heterocycles. The summed E-state index contributed by atoms with van der Waals surface area (Å²) in [5, 5.41) is 19.3. The first-order valence-corrected chi connectivity index (χ1v) is 7.18. The standard InChI is InChI=1S/C12H9N5O4S/c1-6-7(4-5-20-6)10-13-14-12-16(10)15-11(22-12)8-2-3-9(21-8)17(18)19/h2-5,11,15H,1H3. The number of nitrogens with zero attached hydrogens (tertiary/aromatic N) is 4. The Morgan fingerprint density at radius 2 is 2.27 bits per heavy atom. The van der Waals surface area contributed by atoms with Crippen LogP contribution in [0.3, 0.4) is 0 Å². The molecule has 3 aromatic rings. The fourth-order valence-corrected chi connectivity index (χ4v) is 3.15. The maximum atomic E-state index is 10.7. The van der Waals surface area contributed by atoms with E-state index in [2.05, 4.69) is 15.6 Å². The van der Waals surface area contributed by atoms with Gasteiger partial charge in [-0.1, -0.05) is 0 Å². The molecular weight excluding hydrogens is 310 g/mol. The summed E-state index contributed by atoms with van der Waals surface area (Å²) in [6.45, 7) is 1.84. The lowest BCUT2D eigenvalue weighted by atomic mass is 10.2. The molecule has 0 fully saturated rings. The van der Waals surface area contributed by atoms with Crippen molar-refractivity contribution in [2.75, 3.05) is 5.43 Å². The van der Waals surface area contributed by atoms with Crippen LogP contribution in [0.15, 0.2) is 38.5 Å². The van der Waals surface area contributed by atoms with Crippen molar-refractivity contribution in [3.8, 4) is 11.4 Å². The molecule has 0 aromatic carbocycles. The third-order valence-electron chi connectivity index (χ3n) is 3.25. The minimum absolute atomic E-state index is 0.286. The second-order valence-corrected chi connectivity index (χ2v) is 5.66. The number of nitrogens with one attached hydrogen (secondary N) is 1. The summed E-state index contributed by atoms with van der Waals surface area (Å²) in [6, 6.07) is 4.72. The quantitative estimate of drug-likeness (QED) is 0.579. The van der Waals surface area contributed by atoms with Crippen molar-refractivity contribution in [1.82, 2.24) is 14.9 Å². The van der Waals surface area contributed by atoms with Gasteiger partial charge in [0.2, 0.25) is 5.16 Å². The van der Waals surface area contributed by atoms with E-state index >= 15 is 0 Å². The summed E-state index contributed by atoms with van der Waals surface area (Å²) in [4.78, 5) is 10.1. The molecule has 0 spiro atoms. The molecule has 0 aliphatic carbocycles. The van der Waals surface area contributed by atoms with Crippen molar-refractivity contribution in [2.45, 2.75) is 17.5 Å². The molecule has 1 aliphatic heterocycles. The fourth-order valence-electron chi connectivity index (χ4n) is 2.21. The number of aromatic nitrogens is 3. The average Bonchev–Trinajstić information content (AvgIpc) is 3.20. The number of furan rings is 2. The Hall–Kier alpha value is -2.75. The van der Waals surface area contributed by atoms with E-state index < -0.39 is 4.92 Å². The predicted molar refractivity (Wildman–Crippen MR) is 75.8 cm³/mol. The summed E-state index contributed by atoms with van der Waals surface area (Å²) in [5.41, 5.74) is 4.00. The minimum Gasteiger partial charge on any atom is -0.469 e. The second-order valence-electron chi connectivity index (χ2n) is 4.59. The average molecular weight is 319 g/mol. The zero-order valence-electron chi connectivity index (χ0n) is 11.2. The van der Waals surface area contributed by atoms with Crippen LogP contribution in [-0.2, 0) is 0 Å². The van der Waals surface area contributed by atoms with Crippen molar-refractivity contribution in [1.29, 1.82) is 0 Å². The number of rotatable bonds is 3. The van der Waals surface area contributed by atoms with E-state index in [-0.39, 0.29) is 11.3 Å². The third kappa shape index (κ3) is 1.88. The van der Waals surface area contributed by atoms with E-state index in [4.69, 9.17) is 8.83 Å². The highest BCUT2D eigenvalue weighted by Gasteiger charge is 2.31. The number of hydrogen-bond donors (Lipinski definition) is 1. The normalized spacial score (nSPS) is 16.5.